The third-order valence-electron chi connectivity index (χ3n) is 4.75. The second-order valence-electron chi connectivity index (χ2n) is 6.73. The quantitative estimate of drug-likeness (QED) is 0.377. The lowest BCUT2D eigenvalue weighted by Gasteiger charge is -2.14. The first-order valence-corrected chi connectivity index (χ1v) is 9.09. The molecular weight excluding hydrogens is 354 g/mol. The van der Waals surface area contributed by atoms with Gasteiger partial charge in [0.05, 0.1) is 18.3 Å². The number of nitrogens with zero attached hydrogens (tertiary/aromatic N) is 1. The molecule has 0 aromatic rings. The Morgan fingerprint density at radius 1 is 1.19 bits per heavy atom. The summed E-state index contributed by atoms with van der Waals surface area (Å²) < 4.78 is 4.79. The van der Waals surface area contributed by atoms with E-state index in [4.69, 9.17) is 4.74 Å². The summed E-state index contributed by atoms with van der Waals surface area (Å²) in [6, 6.07) is -0.746. The van der Waals surface area contributed by atoms with Crippen molar-refractivity contribution in [3.05, 3.63) is 12.2 Å². The smallest absolute Gasteiger partial charge is 0.321 e. The van der Waals surface area contributed by atoms with E-state index in [9.17, 15) is 24.0 Å². The van der Waals surface area contributed by atoms with Crippen LogP contribution >= 0.6 is 0 Å². The zero-order valence-corrected chi connectivity index (χ0v) is 15.5. The maximum atomic E-state index is 12.3. The predicted octanol–water partition coefficient (Wildman–Crippen LogP) is 0.495. The highest BCUT2D eigenvalue weighted by Crippen LogP contribution is 2.34. The summed E-state index contributed by atoms with van der Waals surface area (Å²) in [5.41, 5.74) is 0. The Morgan fingerprint density at radius 3 is 2.33 bits per heavy atom. The number of esters is 1. The monoisotopic (exact) mass is 379 g/mol. The second-order valence-corrected chi connectivity index (χ2v) is 6.73. The average molecular weight is 379 g/mol. The van der Waals surface area contributed by atoms with Gasteiger partial charge in [-0.3, -0.25) is 29.4 Å². The number of fused-ring (bicyclic) bond motifs is 1. The molecule has 0 aromatic carbocycles. The fourth-order valence-corrected chi connectivity index (χ4v) is 3.04. The number of urea groups is 1. The SMILES string of the molecule is CC[C@H](C)NC(=O)NC(=O)COC(=O)CCN1C(=O)[C@H]2CC=CC[C@@H]2C1=O. The number of hydrogen-bond acceptors (Lipinski definition) is 6. The molecule has 9 nitrogen and oxygen atoms in total. The van der Waals surface area contributed by atoms with Gasteiger partial charge in [-0.1, -0.05) is 19.1 Å². The minimum Gasteiger partial charge on any atom is -0.456 e. The van der Waals surface area contributed by atoms with Gasteiger partial charge in [0.25, 0.3) is 5.91 Å². The van der Waals surface area contributed by atoms with E-state index in [1.54, 1.807) is 6.92 Å². The molecule has 1 saturated heterocycles. The molecule has 0 unspecified atom stereocenters. The summed E-state index contributed by atoms with van der Waals surface area (Å²) in [5, 5.41) is 4.60. The van der Waals surface area contributed by atoms with Crippen molar-refractivity contribution < 1.29 is 28.7 Å². The molecule has 1 aliphatic carbocycles. The minimum absolute atomic E-state index is 0.0698. The van der Waals surface area contributed by atoms with E-state index < -0.39 is 24.5 Å². The lowest BCUT2D eigenvalue weighted by atomic mass is 9.85. The van der Waals surface area contributed by atoms with Gasteiger partial charge in [0, 0.05) is 12.6 Å². The zero-order chi connectivity index (χ0) is 20.0. The molecule has 0 bridgehead atoms. The van der Waals surface area contributed by atoms with E-state index in [1.807, 2.05) is 19.1 Å². The molecule has 9 heteroatoms. The Balaban J connectivity index is 1.70. The van der Waals surface area contributed by atoms with Gasteiger partial charge in [-0.05, 0) is 26.2 Å². The molecule has 3 atom stereocenters. The van der Waals surface area contributed by atoms with E-state index in [1.165, 1.54) is 0 Å². The molecule has 0 radical (unpaired) electrons. The van der Waals surface area contributed by atoms with E-state index >= 15 is 0 Å². The maximum Gasteiger partial charge on any atom is 0.321 e. The first-order valence-electron chi connectivity index (χ1n) is 9.09. The van der Waals surface area contributed by atoms with Crippen molar-refractivity contribution in [1.82, 2.24) is 15.5 Å². The van der Waals surface area contributed by atoms with Crippen LogP contribution in [0.3, 0.4) is 0 Å². The summed E-state index contributed by atoms with van der Waals surface area (Å²) in [6.45, 7) is 3.00. The van der Waals surface area contributed by atoms with Gasteiger partial charge in [0.1, 0.15) is 0 Å². The number of ether oxygens (including phenoxy) is 1. The molecule has 148 valence electrons. The lowest BCUT2D eigenvalue weighted by Crippen LogP contribution is -2.44. The normalized spacial score (nSPS) is 22.2. The Morgan fingerprint density at radius 2 is 1.78 bits per heavy atom. The fourth-order valence-electron chi connectivity index (χ4n) is 3.04. The molecule has 1 aliphatic heterocycles. The summed E-state index contributed by atoms with van der Waals surface area (Å²) in [5.74, 6) is -2.68. The van der Waals surface area contributed by atoms with Crippen LogP contribution < -0.4 is 10.6 Å². The molecule has 1 fully saturated rings. The molecule has 0 saturated carbocycles. The van der Waals surface area contributed by atoms with Gasteiger partial charge in [0.15, 0.2) is 6.61 Å². The standard InChI is InChI=1S/C18H25N3O6/c1-3-11(2)19-18(26)20-14(22)10-27-15(23)8-9-21-16(24)12-6-4-5-7-13(12)17(21)25/h4-5,11-13H,3,6-10H2,1-2H3,(H2,19,20,22,26)/t11-,12-,13-/m0/s1. The van der Waals surface area contributed by atoms with Crippen molar-refractivity contribution in [3.8, 4) is 0 Å². The number of amides is 5. The highest BCUT2D eigenvalue weighted by atomic mass is 16.5. The van der Waals surface area contributed by atoms with Crippen LogP contribution in [-0.4, -0.2) is 53.8 Å². The van der Waals surface area contributed by atoms with Gasteiger partial charge in [-0.2, -0.15) is 0 Å². The summed E-state index contributed by atoms with van der Waals surface area (Å²) in [7, 11) is 0. The number of rotatable bonds is 7. The molecule has 5 amide bonds. The molecule has 0 spiro atoms. The van der Waals surface area contributed by atoms with Crippen LogP contribution in [0.2, 0.25) is 0 Å². The highest BCUT2D eigenvalue weighted by Gasteiger charge is 2.46. The van der Waals surface area contributed by atoms with Gasteiger partial charge in [-0.25, -0.2) is 4.79 Å². The third-order valence-corrected chi connectivity index (χ3v) is 4.75. The van der Waals surface area contributed by atoms with Crippen LogP contribution in [0.15, 0.2) is 12.2 Å². The Hall–Kier alpha value is -2.71. The maximum absolute atomic E-state index is 12.3. The number of carbonyl (C=O) groups excluding carboxylic acids is 5. The first kappa shape index (κ1) is 20.6. The first-order chi connectivity index (χ1) is 12.8. The van der Waals surface area contributed by atoms with E-state index in [-0.39, 0.29) is 42.7 Å². The van der Waals surface area contributed by atoms with Gasteiger partial charge in [-0.15, -0.1) is 0 Å². The molecule has 0 aromatic heterocycles. The average Bonchev–Trinajstić information content (AvgIpc) is 2.89. The molecule has 2 aliphatic rings. The summed E-state index contributed by atoms with van der Waals surface area (Å²) in [6.07, 6.45) is 5.36. The van der Waals surface area contributed by atoms with Crippen LogP contribution in [-0.2, 0) is 23.9 Å². The van der Waals surface area contributed by atoms with Crippen LogP contribution in [0.5, 0.6) is 0 Å². The molecular formula is C18H25N3O6. The van der Waals surface area contributed by atoms with E-state index in [0.29, 0.717) is 19.3 Å². The number of likely N-dealkylation sites (tertiary alicyclic amines) is 1. The Bertz CT molecular complexity index is 633. The van der Waals surface area contributed by atoms with Crippen molar-refractivity contribution in [1.29, 1.82) is 0 Å². The highest BCUT2D eigenvalue weighted by molar-refractivity contribution is 6.05. The van der Waals surface area contributed by atoms with Crippen LogP contribution in [0.1, 0.15) is 39.5 Å². The number of imide groups is 2. The van der Waals surface area contributed by atoms with Crippen molar-refractivity contribution in [2.45, 2.75) is 45.6 Å². The topological polar surface area (TPSA) is 122 Å². The molecule has 27 heavy (non-hydrogen) atoms. The number of allylic oxidation sites excluding steroid dienone is 2. The van der Waals surface area contributed by atoms with Crippen LogP contribution in [0.4, 0.5) is 4.79 Å². The number of nitrogens with one attached hydrogen (secondary N) is 2. The second kappa shape index (κ2) is 9.29. The summed E-state index contributed by atoms with van der Waals surface area (Å²) in [4.78, 5) is 60.5. The van der Waals surface area contributed by atoms with Gasteiger partial charge in [0.2, 0.25) is 11.8 Å². The molecule has 1 heterocycles. The van der Waals surface area contributed by atoms with Crippen molar-refractivity contribution >= 4 is 29.7 Å². The third kappa shape index (κ3) is 5.38. The van der Waals surface area contributed by atoms with Crippen molar-refractivity contribution in [2.75, 3.05) is 13.2 Å². The fraction of sp³-hybridized carbons (Fsp3) is 0.611. The number of hydrogen-bond donors (Lipinski definition) is 2. The largest absolute Gasteiger partial charge is 0.456 e. The Kier molecular flexibility index (Phi) is 7.09. The molecule has 2 N–H and O–H groups in total. The van der Waals surface area contributed by atoms with Crippen LogP contribution in [0, 0.1) is 11.8 Å². The van der Waals surface area contributed by atoms with Crippen molar-refractivity contribution in [2.24, 2.45) is 11.8 Å². The lowest BCUT2D eigenvalue weighted by molar-refractivity contribution is -0.149. The zero-order valence-electron chi connectivity index (χ0n) is 15.5. The minimum atomic E-state index is -0.755. The predicted molar refractivity (Wildman–Crippen MR) is 94.1 cm³/mol. The van der Waals surface area contributed by atoms with E-state index in [0.717, 1.165) is 4.90 Å². The molecule has 2 rings (SSSR count). The van der Waals surface area contributed by atoms with E-state index in [2.05, 4.69) is 10.6 Å². The summed E-state index contributed by atoms with van der Waals surface area (Å²) >= 11 is 0. The number of carbonyl (C=O) groups is 5. The Labute approximate surface area is 157 Å². The van der Waals surface area contributed by atoms with Crippen LogP contribution in [0.25, 0.3) is 0 Å². The van der Waals surface area contributed by atoms with Gasteiger partial charge < -0.3 is 10.1 Å². The van der Waals surface area contributed by atoms with Crippen molar-refractivity contribution in [3.63, 3.8) is 0 Å². The van der Waals surface area contributed by atoms with Gasteiger partial charge >= 0.3 is 12.0 Å².